The van der Waals surface area contributed by atoms with Gasteiger partial charge in [-0.25, -0.2) is 4.39 Å². The first-order valence-corrected chi connectivity index (χ1v) is 8.67. The van der Waals surface area contributed by atoms with E-state index < -0.39 is 11.7 Å². The highest BCUT2D eigenvalue weighted by molar-refractivity contribution is 6.07. The van der Waals surface area contributed by atoms with E-state index in [1.165, 1.54) is 6.07 Å². The number of aromatic nitrogens is 1. The van der Waals surface area contributed by atoms with Gasteiger partial charge in [-0.2, -0.15) is 0 Å². The van der Waals surface area contributed by atoms with Crippen LogP contribution < -0.4 is 11.1 Å². The zero-order chi connectivity index (χ0) is 19.0. The van der Waals surface area contributed by atoms with E-state index in [2.05, 4.69) is 22.1 Å². The van der Waals surface area contributed by atoms with Gasteiger partial charge in [0, 0.05) is 22.7 Å². The first-order valence-electron chi connectivity index (χ1n) is 8.67. The van der Waals surface area contributed by atoms with Crippen LogP contribution in [0.2, 0.25) is 0 Å². The number of hydrogen-bond donors (Lipinski definition) is 3. The van der Waals surface area contributed by atoms with Gasteiger partial charge in [0.15, 0.2) is 0 Å². The summed E-state index contributed by atoms with van der Waals surface area (Å²) in [6.07, 6.45) is 2.17. The second-order valence-electron chi connectivity index (χ2n) is 6.86. The SMILES string of the molecule is CC#CC(=O)N[C@@H]1CC[C@@H](c2c(F)cc(C(N)=O)c3[nH]c(C)c(C)c23)C1. The van der Waals surface area contributed by atoms with Crippen LogP contribution in [0.4, 0.5) is 4.39 Å². The van der Waals surface area contributed by atoms with E-state index in [1.807, 2.05) is 13.8 Å². The van der Waals surface area contributed by atoms with Crippen LogP contribution in [-0.2, 0) is 4.79 Å². The molecule has 6 heteroatoms. The van der Waals surface area contributed by atoms with Crippen LogP contribution in [-0.4, -0.2) is 22.8 Å². The summed E-state index contributed by atoms with van der Waals surface area (Å²) in [6.45, 7) is 5.41. The molecule has 2 aromatic rings. The normalized spacial score (nSPS) is 19.2. The topological polar surface area (TPSA) is 88.0 Å². The van der Waals surface area contributed by atoms with Crippen molar-refractivity contribution in [3.05, 3.63) is 34.3 Å². The molecule has 1 aliphatic carbocycles. The molecular weight excluding hydrogens is 333 g/mol. The number of halogens is 1. The van der Waals surface area contributed by atoms with Crippen molar-refractivity contribution in [2.45, 2.75) is 52.0 Å². The van der Waals surface area contributed by atoms with Gasteiger partial charge in [-0.05, 0) is 63.5 Å². The standard InChI is InChI=1S/C20H22FN3O2/c1-4-5-16(25)24-13-7-6-12(8-13)18-15(21)9-14(20(22)26)19-17(18)10(2)11(3)23-19/h9,12-13,23H,6-8H2,1-3H3,(H2,22,26)(H,24,25)/t12-,13-/m1/s1. The Morgan fingerprint density at radius 1 is 1.35 bits per heavy atom. The first kappa shape index (κ1) is 18.0. The van der Waals surface area contributed by atoms with Crippen molar-refractivity contribution in [2.75, 3.05) is 0 Å². The lowest BCUT2D eigenvalue weighted by atomic mass is 9.90. The van der Waals surface area contributed by atoms with Gasteiger partial charge in [0.1, 0.15) is 5.82 Å². The lowest BCUT2D eigenvalue weighted by Crippen LogP contribution is -2.31. The number of primary amides is 1. The molecule has 0 radical (unpaired) electrons. The number of carbonyl (C=O) groups is 2. The van der Waals surface area contributed by atoms with Gasteiger partial charge in [-0.15, -0.1) is 0 Å². The molecule has 1 fully saturated rings. The Kier molecular flexibility index (Phi) is 4.73. The number of amides is 2. The van der Waals surface area contributed by atoms with Gasteiger partial charge in [-0.3, -0.25) is 9.59 Å². The number of fused-ring (bicyclic) bond motifs is 1. The smallest absolute Gasteiger partial charge is 0.296 e. The minimum absolute atomic E-state index is 0.0287. The van der Waals surface area contributed by atoms with E-state index in [9.17, 15) is 14.0 Å². The van der Waals surface area contributed by atoms with Crippen molar-refractivity contribution in [2.24, 2.45) is 5.73 Å². The van der Waals surface area contributed by atoms with Gasteiger partial charge in [0.2, 0.25) is 0 Å². The maximum atomic E-state index is 15.0. The number of hydrogen-bond acceptors (Lipinski definition) is 2. The largest absolute Gasteiger partial charge is 0.366 e. The molecule has 0 unspecified atom stereocenters. The van der Waals surface area contributed by atoms with Crippen molar-refractivity contribution in [1.29, 1.82) is 0 Å². The van der Waals surface area contributed by atoms with Crippen LogP contribution >= 0.6 is 0 Å². The predicted molar refractivity (Wildman–Crippen MR) is 98.2 cm³/mol. The second kappa shape index (κ2) is 6.83. The molecule has 0 saturated heterocycles. The first-order chi connectivity index (χ1) is 12.3. The third-order valence-electron chi connectivity index (χ3n) is 5.25. The highest BCUT2D eigenvalue weighted by Gasteiger charge is 2.32. The molecular formula is C20H22FN3O2. The Morgan fingerprint density at radius 2 is 2.08 bits per heavy atom. The quantitative estimate of drug-likeness (QED) is 0.739. The summed E-state index contributed by atoms with van der Waals surface area (Å²) < 4.78 is 15.0. The van der Waals surface area contributed by atoms with Crippen molar-refractivity contribution in [3.63, 3.8) is 0 Å². The average molecular weight is 355 g/mol. The molecule has 1 aromatic heterocycles. The minimum Gasteiger partial charge on any atom is -0.366 e. The van der Waals surface area contributed by atoms with Crippen LogP contribution in [0.15, 0.2) is 6.07 Å². The number of carbonyl (C=O) groups excluding carboxylic acids is 2. The molecule has 1 saturated carbocycles. The van der Waals surface area contributed by atoms with E-state index in [1.54, 1.807) is 6.92 Å². The maximum Gasteiger partial charge on any atom is 0.296 e. The lowest BCUT2D eigenvalue weighted by molar-refractivity contribution is -0.116. The zero-order valence-electron chi connectivity index (χ0n) is 15.1. The Balaban J connectivity index is 2.02. The molecule has 136 valence electrons. The molecule has 0 bridgehead atoms. The molecule has 0 aliphatic heterocycles. The van der Waals surface area contributed by atoms with Crippen LogP contribution in [0.5, 0.6) is 0 Å². The molecule has 4 N–H and O–H groups in total. The fourth-order valence-corrected chi connectivity index (χ4v) is 3.96. The van der Waals surface area contributed by atoms with Crippen LogP contribution in [0.1, 0.15) is 59.3 Å². The average Bonchev–Trinajstić information content (AvgIpc) is 3.13. The highest BCUT2D eigenvalue weighted by atomic mass is 19.1. The summed E-state index contributed by atoms with van der Waals surface area (Å²) in [4.78, 5) is 26.6. The molecule has 1 heterocycles. The van der Waals surface area contributed by atoms with Gasteiger partial charge >= 0.3 is 0 Å². The molecule has 0 spiro atoms. The van der Waals surface area contributed by atoms with E-state index in [-0.39, 0.29) is 23.4 Å². The number of nitrogens with one attached hydrogen (secondary N) is 2. The van der Waals surface area contributed by atoms with Crippen molar-refractivity contribution in [1.82, 2.24) is 10.3 Å². The second-order valence-corrected chi connectivity index (χ2v) is 6.86. The van der Waals surface area contributed by atoms with Gasteiger partial charge in [-0.1, -0.05) is 5.92 Å². The minimum atomic E-state index is -0.656. The van der Waals surface area contributed by atoms with Crippen LogP contribution in [0.25, 0.3) is 10.9 Å². The van der Waals surface area contributed by atoms with Crippen molar-refractivity contribution >= 4 is 22.7 Å². The number of rotatable bonds is 3. The number of aromatic amines is 1. The van der Waals surface area contributed by atoms with Crippen molar-refractivity contribution < 1.29 is 14.0 Å². The maximum absolute atomic E-state index is 15.0. The van der Waals surface area contributed by atoms with Crippen LogP contribution in [0, 0.1) is 31.5 Å². The Labute approximate surface area is 151 Å². The number of aryl methyl sites for hydroxylation is 2. The summed E-state index contributed by atoms with van der Waals surface area (Å²) in [5, 5.41) is 3.62. The fourth-order valence-electron chi connectivity index (χ4n) is 3.96. The van der Waals surface area contributed by atoms with Crippen LogP contribution in [0.3, 0.4) is 0 Å². The van der Waals surface area contributed by atoms with Gasteiger partial charge < -0.3 is 16.0 Å². The zero-order valence-corrected chi connectivity index (χ0v) is 15.1. The van der Waals surface area contributed by atoms with Gasteiger partial charge in [0.25, 0.3) is 11.8 Å². The molecule has 1 aromatic carbocycles. The monoisotopic (exact) mass is 355 g/mol. The van der Waals surface area contributed by atoms with E-state index in [0.29, 0.717) is 17.5 Å². The fraction of sp³-hybridized carbons (Fsp3) is 0.400. The number of H-pyrrole nitrogens is 1. The molecule has 2 atom stereocenters. The highest BCUT2D eigenvalue weighted by Crippen LogP contribution is 2.41. The van der Waals surface area contributed by atoms with E-state index >= 15 is 0 Å². The van der Waals surface area contributed by atoms with Crippen molar-refractivity contribution in [3.8, 4) is 11.8 Å². The Morgan fingerprint density at radius 3 is 2.73 bits per heavy atom. The molecule has 1 aliphatic rings. The Hall–Kier alpha value is -2.81. The lowest BCUT2D eigenvalue weighted by Gasteiger charge is -2.16. The third-order valence-corrected chi connectivity index (χ3v) is 5.25. The summed E-state index contributed by atoms with van der Waals surface area (Å²) in [6, 6.07) is 1.20. The third kappa shape index (κ3) is 3.05. The van der Waals surface area contributed by atoms with Gasteiger partial charge in [0.05, 0.1) is 11.1 Å². The molecule has 3 rings (SSSR count). The molecule has 26 heavy (non-hydrogen) atoms. The summed E-state index contributed by atoms with van der Waals surface area (Å²) in [7, 11) is 0. The Bertz CT molecular complexity index is 965. The number of nitrogens with two attached hydrogens (primary N) is 1. The summed E-state index contributed by atoms with van der Waals surface area (Å²) >= 11 is 0. The van der Waals surface area contributed by atoms with E-state index in [4.69, 9.17) is 5.73 Å². The summed E-state index contributed by atoms with van der Waals surface area (Å²) in [5.41, 5.74) is 8.59. The number of benzene rings is 1. The molecule has 5 nitrogen and oxygen atoms in total. The molecule has 2 amide bonds. The summed E-state index contributed by atoms with van der Waals surface area (Å²) in [5.74, 6) is 3.63. The predicted octanol–water partition coefficient (Wildman–Crippen LogP) is 2.80. The van der Waals surface area contributed by atoms with E-state index in [0.717, 1.165) is 29.5 Å².